The lowest BCUT2D eigenvalue weighted by Gasteiger charge is -2.22. The van der Waals surface area contributed by atoms with Crippen LogP contribution >= 0.6 is 11.8 Å². The number of hydrogen-bond donors (Lipinski definition) is 2. The number of nitrogens with zero attached hydrogens (tertiary/aromatic N) is 4. The standard InChI is InChI=1S/C14H21N5OS/c1-14(2,12(15)18-20)8-4-6-10-21-13-17-16-11-7-3-5-9-19(11)13/h3,5,7,9,20H,4,6,8,10H2,1-2H3,(H2,15,18). The van der Waals surface area contributed by atoms with Crippen LogP contribution in [-0.4, -0.2) is 31.4 Å². The summed E-state index contributed by atoms with van der Waals surface area (Å²) in [5, 5.41) is 21.1. The Balaban J connectivity index is 1.78. The molecule has 2 aromatic rings. The Morgan fingerprint density at radius 1 is 1.38 bits per heavy atom. The Morgan fingerprint density at radius 2 is 2.19 bits per heavy atom. The molecule has 0 aliphatic heterocycles. The van der Waals surface area contributed by atoms with Crippen LogP contribution in [0.3, 0.4) is 0 Å². The molecule has 0 spiro atoms. The van der Waals surface area contributed by atoms with Crippen LogP contribution in [-0.2, 0) is 0 Å². The predicted molar refractivity (Wildman–Crippen MR) is 84.8 cm³/mol. The third-order valence-corrected chi connectivity index (χ3v) is 4.54. The Bertz CT molecular complexity index is 623. The average molecular weight is 307 g/mol. The van der Waals surface area contributed by atoms with Crippen molar-refractivity contribution in [3.8, 4) is 0 Å². The number of oxime groups is 1. The first kappa shape index (κ1) is 15.6. The van der Waals surface area contributed by atoms with Gasteiger partial charge in [-0.2, -0.15) is 0 Å². The number of aromatic nitrogens is 3. The van der Waals surface area contributed by atoms with Crippen LogP contribution < -0.4 is 5.73 Å². The number of nitrogens with two attached hydrogens (primary N) is 1. The van der Waals surface area contributed by atoms with E-state index in [2.05, 4.69) is 15.4 Å². The summed E-state index contributed by atoms with van der Waals surface area (Å²) in [6.45, 7) is 3.97. The highest BCUT2D eigenvalue weighted by Gasteiger charge is 2.22. The summed E-state index contributed by atoms with van der Waals surface area (Å²) in [7, 11) is 0. The van der Waals surface area contributed by atoms with Gasteiger partial charge in [0.1, 0.15) is 5.84 Å². The molecule has 0 fully saturated rings. The van der Waals surface area contributed by atoms with E-state index in [0.717, 1.165) is 35.8 Å². The second-order valence-corrected chi connectivity index (χ2v) is 6.65. The Hall–Kier alpha value is -1.76. The molecule has 3 N–H and O–H groups in total. The number of unbranched alkanes of at least 4 members (excludes halogenated alkanes) is 1. The van der Waals surface area contributed by atoms with Crippen molar-refractivity contribution in [3.05, 3.63) is 24.4 Å². The van der Waals surface area contributed by atoms with Gasteiger partial charge in [0, 0.05) is 17.4 Å². The monoisotopic (exact) mass is 307 g/mol. The maximum absolute atomic E-state index is 8.74. The number of fused-ring (bicyclic) bond motifs is 1. The van der Waals surface area contributed by atoms with Crippen molar-refractivity contribution < 1.29 is 5.21 Å². The third kappa shape index (κ3) is 3.87. The SMILES string of the molecule is CC(C)(CCCCSc1nnc2ccccn12)/C(N)=N/O. The first-order chi connectivity index (χ1) is 10.0. The molecular formula is C14H21N5OS. The highest BCUT2D eigenvalue weighted by atomic mass is 32.2. The predicted octanol–water partition coefficient (Wildman–Crippen LogP) is 2.76. The Labute approximate surface area is 128 Å². The second-order valence-electron chi connectivity index (χ2n) is 5.59. The fourth-order valence-corrected chi connectivity index (χ4v) is 2.94. The van der Waals surface area contributed by atoms with Crippen molar-refractivity contribution in [2.24, 2.45) is 16.3 Å². The van der Waals surface area contributed by atoms with Gasteiger partial charge in [0.05, 0.1) is 0 Å². The van der Waals surface area contributed by atoms with E-state index in [1.54, 1.807) is 11.8 Å². The van der Waals surface area contributed by atoms with E-state index in [1.165, 1.54) is 0 Å². The molecular weight excluding hydrogens is 286 g/mol. The Morgan fingerprint density at radius 3 is 2.95 bits per heavy atom. The van der Waals surface area contributed by atoms with Gasteiger partial charge in [-0.3, -0.25) is 4.40 Å². The molecule has 2 aromatic heterocycles. The summed E-state index contributed by atoms with van der Waals surface area (Å²) >= 11 is 1.70. The number of hydrogen-bond acceptors (Lipinski definition) is 5. The van der Waals surface area contributed by atoms with Gasteiger partial charge in [-0.25, -0.2) is 0 Å². The summed E-state index contributed by atoms with van der Waals surface area (Å²) in [5.41, 5.74) is 6.28. The number of pyridine rings is 1. The van der Waals surface area contributed by atoms with Crippen molar-refractivity contribution >= 4 is 23.2 Å². The molecule has 0 saturated heterocycles. The zero-order valence-corrected chi connectivity index (χ0v) is 13.2. The topological polar surface area (TPSA) is 88.8 Å². The largest absolute Gasteiger partial charge is 0.409 e. The molecule has 6 nitrogen and oxygen atoms in total. The van der Waals surface area contributed by atoms with Crippen LogP contribution in [0.1, 0.15) is 33.1 Å². The van der Waals surface area contributed by atoms with E-state index in [0.29, 0.717) is 5.84 Å². The molecule has 0 unspecified atom stereocenters. The van der Waals surface area contributed by atoms with Gasteiger partial charge in [-0.05, 0) is 25.0 Å². The van der Waals surface area contributed by atoms with E-state index >= 15 is 0 Å². The minimum absolute atomic E-state index is 0.263. The van der Waals surface area contributed by atoms with Crippen LogP contribution in [0.5, 0.6) is 0 Å². The fraction of sp³-hybridized carbons (Fsp3) is 0.500. The smallest absolute Gasteiger partial charge is 0.195 e. The zero-order valence-electron chi connectivity index (χ0n) is 12.4. The molecule has 114 valence electrons. The molecule has 2 rings (SSSR count). The van der Waals surface area contributed by atoms with Crippen molar-refractivity contribution in [2.75, 3.05) is 5.75 Å². The molecule has 0 radical (unpaired) electrons. The Kier molecular flexibility index (Phi) is 5.06. The number of amidine groups is 1. The molecule has 0 amide bonds. The molecule has 0 aliphatic rings. The van der Waals surface area contributed by atoms with E-state index in [9.17, 15) is 0 Å². The summed E-state index contributed by atoms with van der Waals surface area (Å²) in [6.07, 6.45) is 4.94. The van der Waals surface area contributed by atoms with E-state index in [4.69, 9.17) is 10.9 Å². The molecule has 0 saturated carbocycles. The molecule has 0 aromatic carbocycles. The minimum Gasteiger partial charge on any atom is -0.409 e. The van der Waals surface area contributed by atoms with Crippen LogP contribution in [0.4, 0.5) is 0 Å². The fourth-order valence-electron chi connectivity index (χ4n) is 2.01. The maximum atomic E-state index is 8.74. The third-order valence-electron chi connectivity index (χ3n) is 3.51. The molecule has 0 bridgehead atoms. The lowest BCUT2D eigenvalue weighted by atomic mass is 9.86. The van der Waals surface area contributed by atoms with Crippen molar-refractivity contribution in [2.45, 2.75) is 38.3 Å². The molecule has 21 heavy (non-hydrogen) atoms. The molecule has 0 atom stereocenters. The van der Waals surface area contributed by atoms with Crippen LogP contribution in [0.25, 0.3) is 5.65 Å². The normalized spacial score (nSPS) is 13.0. The first-order valence-electron chi connectivity index (χ1n) is 6.95. The van der Waals surface area contributed by atoms with Crippen molar-refractivity contribution in [1.29, 1.82) is 0 Å². The van der Waals surface area contributed by atoms with Gasteiger partial charge in [-0.1, -0.05) is 43.3 Å². The van der Waals surface area contributed by atoms with Gasteiger partial charge in [0.15, 0.2) is 10.8 Å². The average Bonchev–Trinajstić information content (AvgIpc) is 2.89. The van der Waals surface area contributed by atoms with Gasteiger partial charge >= 0.3 is 0 Å². The van der Waals surface area contributed by atoms with Crippen LogP contribution in [0, 0.1) is 5.41 Å². The maximum Gasteiger partial charge on any atom is 0.195 e. The summed E-state index contributed by atoms with van der Waals surface area (Å²) in [5.74, 6) is 1.26. The summed E-state index contributed by atoms with van der Waals surface area (Å²) < 4.78 is 1.99. The van der Waals surface area contributed by atoms with Crippen molar-refractivity contribution in [3.63, 3.8) is 0 Å². The highest BCUT2D eigenvalue weighted by Crippen LogP contribution is 2.25. The van der Waals surface area contributed by atoms with Gasteiger partial charge in [-0.15, -0.1) is 10.2 Å². The van der Waals surface area contributed by atoms with Crippen molar-refractivity contribution in [1.82, 2.24) is 14.6 Å². The first-order valence-corrected chi connectivity index (χ1v) is 7.94. The van der Waals surface area contributed by atoms with Crippen LogP contribution in [0.2, 0.25) is 0 Å². The number of rotatable bonds is 7. The number of thioether (sulfide) groups is 1. The molecule has 2 heterocycles. The van der Waals surface area contributed by atoms with E-state index in [-0.39, 0.29) is 5.41 Å². The van der Waals surface area contributed by atoms with Gasteiger partial charge in [0.2, 0.25) is 0 Å². The summed E-state index contributed by atoms with van der Waals surface area (Å²) in [4.78, 5) is 0. The van der Waals surface area contributed by atoms with Gasteiger partial charge in [0.25, 0.3) is 0 Å². The highest BCUT2D eigenvalue weighted by molar-refractivity contribution is 7.99. The van der Waals surface area contributed by atoms with Crippen LogP contribution in [0.15, 0.2) is 34.7 Å². The van der Waals surface area contributed by atoms with Gasteiger partial charge < -0.3 is 10.9 Å². The zero-order chi connectivity index (χ0) is 15.3. The lowest BCUT2D eigenvalue weighted by Crippen LogP contribution is -2.31. The lowest BCUT2D eigenvalue weighted by molar-refractivity contribution is 0.304. The summed E-state index contributed by atoms with van der Waals surface area (Å²) in [6, 6.07) is 5.87. The second kappa shape index (κ2) is 6.80. The molecule has 7 heteroatoms. The quantitative estimate of drug-likeness (QED) is 0.205. The molecule has 0 aliphatic carbocycles. The van der Waals surface area contributed by atoms with E-state index < -0.39 is 0 Å². The van der Waals surface area contributed by atoms with E-state index in [1.807, 2.05) is 42.6 Å². The minimum atomic E-state index is -0.263.